The Bertz CT molecular complexity index is 1080. The predicted molar refractivity (Wildman–Crippen MR) is 133 cm³/mol. The fraction of sp³-hybridized carbons (Fsp3) is 0.333. The summed E-state index contributed by atoms with van der Waals surface area (Å²) in [5.41, 5.74) is 15.8. The van der Waals surface area contributed by atoms with E-state index in [1.165, 1.54) is 5.56 Å². The van der Waals surface area contributed by atoms with Crippen LogP contribution in [0.5, 0.6) is 11.5 Å². The van der Waals surface area contributed by atoms with Crippen molar-refractivity contribution >= 4 is 33.3 Å². The van der Waals surface area contributed by atoms with Gasteiger partial charge in [0.05, 0.1) is 9.50 Å². The summed E-state index contributed by atoms with van der Waals surface area (Å²) in [5, 5.41) is 0.586. The van der Waals surface area contributed by atoms with Gasteiger partial charge in [0.25, 0.3) is 0 Å². The van der Waals surface area contributed by atoms with Crippen LogP contribution in [-0.4, -0.2) is 22.6 Å². The third kappa shape index (κ3) is 6.58. The molecule has 0 saturated heterocycles. The first kappa shape index (κ1) is 24.3. The quantitative estimate of drug-likeness (QED) is 0.443. The molecule has 3 heterocycles. The van der Waals surface area contributed by atoms with E-state index in [0.717, 1.165) is 39.2 Å². The zero-order chi connectivity index (χ0) is 23.3. The first-order valence-corrected chi connectivity index (χ1v) is 11.6. The summed E-state index contributed by atoms with van der Waals surface area (Å²) in [6.07, 6.45) is 4.42. The van der Waals surface area contributed by atoms with Crippen LogP contribution in [-0.2, 0) is 6.61 Å². The van der Waals surface area contributed by atoms with Gasteiger partial charge in [-0.25, -0.2) is 4.98 Å². The van der Waals surface area contributed by atoms with Gasteiger partial charge in [0, 0.05) is 47.4 Å². The van der Waals surface area contributed by atoms with Crippen LogP contribution < -0.4 is 20.9 Å². The molecule has 6 nitrogen and oxygen atoms in total. The van der Waals surface area contributed by atoms with Crippen molar-refractivity contribution in [1.29, 1.82) is 0 Å². The van der Waals surface area contributed by atoms with E-state index in [2.05, 4.69) is 51.9 Å². The van der Waals surface area contributed by atoms with Gasteiger partial charge in [0.15, 0.2) is 0 Å². The minimum Gasteiger partial charge on any atom is -0.492 e. The number of ether oxygens (including phenoxy) is 2. The number of aryl methyl sites for hydroxylation is 1. The van der Waals surface area contributed by atoms with Crippen LogP contribution in [0.2, 0.25) is 5.02 Å². The third-order valence-electron chi connectivity index (χ3n) is 4.82. The van der Waals surface area contributed by atoms with Gasteiger partial charge >= 0.3 is 0 Å². The maximum Gasteiger partial charge on any atom is 0.131 e. The molecule has 0 unspecified atom stereocenters. The lowest BCUT2D eigenvalue weighted by molar-refractivity contribution is 0.265. The largest absolute Gasteiger partial charge is 0.492 e. The van der Waals surface area contributed by atoms with Gasteiger partial charge in [-0.2, -0.15) is 0 Å². The van der Waals surface area contributed by atoms with Crippen molar-refractivity contribution in [2.75, 3.05) is 12.3 Å². The van der Waals surface area contributed by atoms with E-state index in [0.29, 0.717) is 30.0 Å². The second kappa shape index (κ2) is 11.0. The third-order valence-corrected chi connectivity index (χ3v) is 5.99. The van der Waals surface area contributed by atoms with E-state index in [9.17, 15) is 0 Å². The van der Waals surface area contributed by atoms with Crippen LogP contribution in [0.3, 0.4) is 0 Å². The highest BCUT2D eigenvalue weighted by molar-refractivity contribution is 9.10. The maximum absolute atomic E-state index is 6.08. The molecule has 3 aromatic rings. The highest BCUT2D eigenvalue weighted by atomic mass is 79.9. The second-order valence-corrected chi connectivity index (χ2v) is 9.41. The predicted octanol–water partition coefficient (Wildman–Crippen LogP) is 5.78. The van der Waals surface area contributed by atoms with Crippen LogP contribution >= 0.6 is 27.5 Å². The SMILES string of the molecule is Cc1cc2c(cn1)COc1cc(OC[C@@H](N)CC(C)C)ccc1-2.Nc1cc(Cl)c(Br)cn1. The summed E-state index contributed by atoms with van der Waals surface area (Å²) < 4.78 is 12.4. The number of fused-ring (bicyclic) bond motifs is 3. The minimum absolute atomic E-state index is 0.0569. The lowest BCUT2D eigenvalue weighted by Gasteiger charge is -2.22. The molecule has 0 spiro atoms. The molecule has 0 radical (unpaired) electrons. The first-order valence-electron chi connectivity index (χ1n) is 10.4. The molecule has 4 N–H and O–H groups in total. The number of halogens is 2. The number of hydrogen-bond donors (Lipinski definition) is 2. The lowest BCUT2D eigenvalue weighted by atomic mass is 9.98. The van der Waals surface area contributed by atoms with Crippen LogP contribution in [0.1, 0.15) is 31.5 Å². The van der Waals surface area contributed by atoms with Crippen LogP contribution in [0.4, 0.5) is 5.82 Å². The number of aromatic nitrogens is 2. The molecule has 1 aliphatic rings. The number of hydrogen-bond acceptors (Lipinski definition) is 6. The van der Waals surface area contributed by atoms with E-state index in [-0.39, 0.29) is 6.04 Å². The van der Waals surface area contributed by atoms with Gasteiger partial charge in [-0.1, -0.05) is 25.4 Å². The van der Waals surface area contributed by atoms with E-state index >= 15 is 0 Å². The van der Waals surface area contributed by atoms with Crippen LogP contribution in [0.15, 0.2) is 47.2 Å². The fourth-order valence-corrected chi connectivity index (χ4v) is 3.73. The molecule has 0 amide bonds. The molecule has 0 saturated carbocycles. The van der Waals surface area contributed by atoms with Crippen molar-refractivity contribution in [1.82, 2.24) is 9.97 Å². The van der Waals surface area contributed by atoms with E-state index < -0.39 is 0 Å². The Morgan fingerprint density at radius 1 is 1.16 bits per heavy atom. The summed E-state index contributed by atoms with van der Waals surface area (Å²) in [4.78, 5) is 8.12. The molecule has 0 bridgehead atoms. The molecule has 32 heavy (non-hydrogen) atoms. The van der Waals surface area contributed by atoms with Crippen LogP contribution in [0.25, 0.3) is 11.1 Å². The Kier molecular flexibility index (Phi) is 8.34. The van der Waals surface area contributed by atoms with Gasteiger partial charge in [0.2, 0.25) is 0 Å². The average Bonchev–Trinajstić information content (AvgIpc) is 2.74. The summed E-state index contributed by atoms with van der Waals surface area (Å²) in [6, 6.07) is 9.74. The number of pyridine rings is 2. The standard InChI is InChI=1S/C19H24N2O2.C5H4BrClN2/c1-12(2)6-15(20)11-22-16-4-5-17-18-7-13(3)21-9-14(18)10-23-19(17)8-16;6-3-2-9-5(8)1-4(3)7/h4-5,7-9,12,15H,6,10-11,20H2,1-3H3;1-2H,(H2,8,9)/t15-;/m0./s1. The first-order chi connectivity index (χ1) is 15.2. The Balaban J connectivity index is 0.000000269. The molecule has 1 aromatic carbocycles. The zero-order valence-electron chi connectivity index (χ0n) is 18.4. The van der Waals surface area contributed by atoms with Gasteiger partial charge in [-0.3, -0.25) is 4.98 Å². The summed E-state index contributed by atoms with van der Waals surface area (Å²) >= 11 is 8.83. The number of nitrogen functional groups attached to an aromatic ring is 1. The molecular formula is C24H28BrClN4O2. The van der Waals surface area contributed by atoms with Crippen molar-refractivity contribution in [2.45, 2.75) is 39.8 Å². The van der Waals surface area contributed by atoms with Gasteiger partial charge in [-0.15, -0.1) is 0 Å². The second-order valence-electron chi connectivity index (χ2n) is 8.15. The van der Waals surface area contributed by atoms with Crippen molar-refractivity contribution in [3.05, 3.63) is 63.5 Å². The molecule has 170 valence electrons. The molecule has 1 aliphatic heterocycles. The Labute approximate surface area is 202 Å². The summed E-state index contributed by atoms with van der Waals surface area (Å²) in [6.45, 7) is 7.41. The van der Waals surface area contributed by atoms with Crippen molar-refractivity contribution in [3.63, 3.8) is 0 Å². The Morgan fingerprint density at radius 2 is 1.94 bits per heavy atom. The highest BCUT2D eigenvalue weighted by Gasteiger charge is 2.18. The molecule has 0 fully saturated rings. The molecule has 4 rings (SSSR count). The topological polar surface area (TPSA) is 96.3 Å². The van der Waals surface area contributed by atoms with E-state index in [1.54, 1.807) is 12.3 Å². The number of anilines is 1. The average molecular weight is 520 g/mol. The normalized spacial score (nSPS) is 12.7. The van der Waals surface area contributed by atoms with E-state index in [1.807, 2.05) is 25.3 Å². The monoisotopic (exact) mass is 518 g/mol. The summed E-state index contributed by atoms with van der Waals surface area (Å²) in [5.74, 6) is 2.67. The van der Waals surface area contributed by atoms with Gasteiger partial charge in [0.1, 0.15) is 30.5 Å². The molecule has 2 aromatic heterocycles. The minimum atomic E-state index is 0.0569. The Hall–Kier alpha value is -2.35. The number of benzene rings is 1. The number of rotatable bonds is 5. The zero-order valence-corrected chi connectivity index (χ0v) is 20.8. The molecule has 1 atom stereocenters. The molecule has 8 heteroatoms. The Morgan fingerprint density at radius 3 is 2.62 bits per heavy atom. The van der Waals surface area contributed by atoms with Gasteiger partial charge in [-0.05, 0) is 59.0 Å². The van der Waals surface area contributed by atoms with Gasteiger partial charge < -0.3 is 20.9 Å². The van der Waals surface area contributed by atoms with E-state index in [4.69, 9.17) is 32.5 Å². The van der Waals surface area contributed by atoms with Crippen LogP contribution in [0, 0.1) is 12.8 Å². The molecular weight excluding hydrogens is 492 g/mol. The lowest BCUT2D eigenvalue weighted by Crippen LogP contribution is -2.29. The number of nitrogens with two attached hydrogens (primary N) is 2. The molecule has 0 aliphatic carbocycles. The van der Waals surface area contributed by atoms with Crippen molar-refractivity contribution < 1.29 is 9.47 Å². The summed E-state index contributed by atoms with van der Waals surface area (Å²) in [7, 11) is 0. The van der Waals surface area contributed by atoms with Crippen molar-refractivity contribution in [3.8, 4) is 22.6 Å². The maximum atomic E-state index is 6.08. The number of nitrogens with zero attached hydrogens (tertiary/aromatic N) is 2. The highest BCUT2D eigenvalue weighted by Crippen LogP contribution is 2.39. The fourth-order valence-electron chi connectivity index (χ4n) is 3.35. The smallest absolute Gasteiger partial charge is 0.131 e. The van der Waals surface area contributed by atoms with Crippen molar-refractivity contribution in [2.24, 2.45) is 11.7 Å².